The quantitative estimate of drug-likeness (QED) is 0.811. The van der Waals surface area contributed by atoms with E-state index in [2.05, 4.69) is 20.3 Å². The molecule has 106 valence electrons. The Morgan fingerprint density at radius 1 is 1.15 bits per heavy atom. The molecule has 0 saturated carbocycles. The number of aryl methyl sites for hydroxylation is 1. The van der Waals surface area contributed by atoms with Crippen molar-refractivity contribution in [2.75, 3.05) is 26.1 Å². The highest BCUT2D eigenvalue weighted by Crippen LogP contribution is 2.17. The van der Waals surface area contributed by atoms with Gasteiger partial charge >= 0.3 is 0 Å². The lowest BCUT2D eigenvalue weighted by atomic mass is 10.2. The molecule has 0 bridgehead atoms. The number of rotatable bonds is 6. The topological polar surface area (TPSA) is 69.2 Å². The molecule has 0 fully saturated rings. The van der Waals surface area contributed by atoms with Crippen LogP contribution in [-0.4, -0.2) is 42.0 Å². The first-order valence-electron chi connectivity index (χ1n) is 6.29. The molecule has 0 spiro atoms. The lowest BCUT2D eigenvalue weighted by Gasteiger charge is -2.15. The summed E-state index contributed by atoms with van der Waals surface area (Å²) in [5, 5.41) is 3.17. The van der Waals surface area contributed by atoms with Crippen LogP contribution >= 0.6 is 0 Å². The number of hydrogen-bond donors (Lipinski definition) is 1. The predicted molar refractivity (Wildman–Crippen MR) is 76.3 cm³/mol. The van der Waals surface area contributed by atoms with E-state index >= 15 is 0 Å². The second-order valence-electron chi connectivity index (χ2n) is 4.18. The Kier molecular flexibility index (Phi) is 4.97. The van der Waals surface area contributed by atoms with Crippen LogP contribution < -0.4 is 5.32 Å². The summed E-state index contributed by atoms with van der Waals surface area (Å²) in [5.74, 6) is 1.40. The van der Waals surface area contributed by atoms with Crippen LogP contribution in [0.15, 0.2) is 30.5 Å². The summed E-state index contributed by atoms with van der Waals surface area (Å²) in [6.07, 6.45) is 1.43. The second-order valence-corrected chi connectivity index (χ2v) is 4.18. The average Bonchev–Trinajstić information content (AvgIpc) is 2.49. The van der Waals surface area contributed by atoms with Crippen molar-refractivity contribution in [3.05, 3.63) is 36.3 Å². The minimum atomic E-state index is -0.316. The predicted octanol–water partition coefficient (Wildman–Crippen LogP) is 1.88. The third-order valence-corrected chi connectivity index (χ3v) is 2.74. The highest BCUT2D eigenvalue weighted by Gasteiger charge is 2.08. The molecule has 2 aromatic heterocycles. The van der Waals surface area contributed by atoms with E-state index in [1.165, 1.54) is 0 Å². The van der Waals surface area contributed by atoms with Crippen molar-refractivity contribution in [2.24, 2.45) is 0 Å². The van der Waals surface area contributed by atoms with Crippen LogP contribution in [0, 0.1) is 6.92 Å². The van der Waals surface area contributed by atoms with Crippen LogP contribution in [0.5, 0.6) is 0 Å². The molecule has 6 nitrogen and oxygen atoms in total. The fourth-order valence-corrected chi connectivity index (χ4v) is 1.75. The molecule has 0 atom stereocenters. The maximum atomic E-state index is 5.13. The molecule has 2 heterocycles. The molecule has 2 rings (SSSR count). The molecular weight excluding hydrogens is 256 g/mol. The van der Waals surface area contributed by atoms with Gasteiger partial charge < -0.3 is 14.8 Å². The van der Waals surface area contributed by atoms with Gasteiger partial charge in [-0.3, -0.25) is 4.98 Å². The van der Waals surface area contributed by atoms with Gasteiger partial charge in [0.15, 0.2) is 6.29 Å². The van der Waals surface area contributed by atoms with Crippen molar-refractivity contribution in [2.45, 2.75) is 13.2 Å². The van der Waals surface area contributed by atoms with Gasteiger partial charge in [0.25, 0.3) is 0 Å². The molecule has 0 radical (unpaired) electrons. The molecule has 0 saturated heterocycles. The lowest BCUT2D eigenvalue weighted by molar-refractivity contribution is -0.0914. The lowest BCUT2D eigenvalue weighted by Crippen LogP contribution is -2.24. The first-order chi connectivity index (χ1) is 9.72. The van der Waals surface area contributed by atoms with Crippen molar-refractivity contribution in [3.63, 3.8) is 0 Å². The minimum Gasteiger partial charge on any atom is -0.365 e. The van der Waals surface area contributed by atoms with Gasteiger partial charge in [0.1, 0.15) is 11.6 Å². The number of methoxy groups -OCH3 is 2. The molecule has 0 aliphatic heterocycles. The van der Waals surface area contributed by atoms with Crippen LogP contribution in [0.1, 0.15) is 5.82 Å². The van der Waals surface area contributed by atoms with Crippen LogP contribution in [0.2, 0.25) is 0 Å². The van der Waals surface area contributed by atoms with Crippen molar-refractivity contribution in [1.82, 2.24) is 15.0 Å². The zero-order chi connectivity index (χ0) is 14.4. The molecule has 0 amide bonds. The summed E-state index contributed by atoms with van der Waals surface area (Å²) in [6.45, 7) is 2.35. The standard InChI is InChI=1S/C14H18N4O2/c1-10-17-12(11-6-4-5-7-15-11)8-13(18-10)16-9-14(19-2)20-3/h4-8,14H,9H2,1-3H3,(H,16,17,18). The highest BCUT2D eigenvalue weighted by molar-refractivity contribution is 5.58. The van der Waals surface area contributed by atoms with Gasteiger partial charge in [-0.2, -0.15) is 0 Å². The zero-order valence-electron chi connectivity index (χ0n) is 11.8. The summed E-state index contributed by atoms with van der Waals surface area (Å²) in [4.78, 5) is 13.0. The first kappa shape index (κ1) is 14.4. The summed E-state index contributed by atoms with van der Waals surface area (Å²) >= 11 is 0. The summed E-state index contributed by atoms with van der Waals surface area (Å²) in [6, 6.07) is 7.58. The maximum Gasteiger partial charge on any atom is 0.173 e. The summed E-state index contributed by atoms with van der Waals surface area (Å²) in [7, 11) is 3.20. The number of hydrogen-bond acceptors (Lipinski definition) is 6. The normalized spacial score (nSPS) is 10.8. The van der Waals surface area contributed by atoms with E-state index in [-0.39, 0.29) is 6.29 Å². The Balaban J connectivity index is 2.17. The molecule has 0 aromatic carbocycles. The van der Waals surface area contributed by atoms with E-state index in [1.54, 1.807) is 20.4 Å². The SMILES string of the molecule is COC(CNc1cc(-c2ccccn2)nc(C)n1)OC. The van der Waals surface area contributed by atoms with Gasteiger partial charge in [0.2, 0.25) is 0 Å². The van der Waals surface area contributed by atoms with Crippen molar-refractivity contribution in [3.8, 4) is 11.4 Å². The van der Waals surface area contributed by atoms with E-state index < -0.39 is 0 Å². The molecular formula is C14H18N4O2. The Labute approximate surface area is 118 Å². The molecule has 0 unspecified atom stereocenters. The van der Waals surface area contributed by atoms with E-state index in [1.807, 2.05) is 31.2 Å². The third kappa shape index (κ3) is 3.72. The number of nitrogens with zero attached hydrogens (tertiary/aromatic N) is 3. The third-order valence-electron chi connectivity index (χ3n) is 2.74. The van der Waals surface area contributed by atoms with Crippen molar-refractivity contribution >= 4 is 5.82 Å². The first-order valence-corrected chi connectivity index (χ1v) is 6.29. The number of aromatic nitrogens is 3. The molecule has 6 heteroatoms. The van der Waals surface area contributed by atoms with E-state index in [0.717, 1.165) is 17.2 Å². The van der Waals surface area contributed by atoms with Gasteiger partial charge in [-0.25, -0.2) is 9.97 Å². The van der Waals surface area contributed by atoms with Crippen LogP contribution in [-0.2, 0) is 9.47 Å². The molecule has 20 heavy (non-hydrogen) atoms. The van der Waals surface area contributed by atoms with Gasteiger partial charge in [-0.15, -0.1) is 0 Å². The van der Waals surface area contributed by atoms with E-state index in [0.29, 0.717) is 12.4 Å². The minimum absolute atomic E-state index is 0.316. The smallest absolute Gasteiger partial charge is 0.173 e. The van der Waals surface area contributed by atoms with E-state index in [4.69, 9.17) is 9.47 Å². The maximum absolute atomic E-state index is 5.13. The molecule has 0 aliphatic carbocycles. The van der Waals surface area contributed by atoms with Gasteiger partial charge in [-0.05, 0) is 19.1 Å². The second kappa shape index (κ2) is 6.93. The Hall–Kier alpha value is -2.05. The Morgan fingerprint density at radius 3 is 2.60 bits per heavy atom. The average molecular weight is 274 g/mol. The number of anilines is 1. The number of ether oxygens (including phenoxy) is 2. The molecule has 1 N–H and O–H groups in total. The summed E-state index contributed by atoms with van der Waals surface area (Å²) < 4.78 is 10.3. The van der Waals surface area contributed by atoms with E-state index in [9.17, 15) is 0 Å². The van der Waals surface area contributed by atoms with Crippen molar-refractivity contribution in [1.29, 1.82) is 0 Å². The zero-order valence-corrected chi connectivity index (χ0v) is 11.8. The Bertz CT molecular complexity index is 544. The fourth-order valence-electron chi connectivity index (χ4n) is 1.75. The van der Waals surface area contributed by atoms with Gasteiger partial charge in [0.05, 0.1) is 17.9 Å². The highest BCUT2D eigenvalue weighted by atomic mass is 16.7. The molecule has 0 aliphatic rings. The number of pyridine rings is 1. The van der Waals surface area contributed by atoms with Gasteiger partial charge in [-0.1, -0.05) is 6.07 Å². The van der Waals surface area contributed by atoms with Crippen LogP contribution in [0.4, 0.5) is 5.82 Å². The monoisotopic (exact) mass is 274 g/mol. The number of nitrogens with one attached hydrogen (secondary N) is 1. The van der Waals surface area contributed by atoms with Gasteiger partial charge in [0, 0.05) is 26.5 Å². The van der Waals surface area contributed by atoms with Crippen LogP contribution in [0.3, 0.4) is 0 Å². The Morgan fingerprint density at radius 2 is 1.95 bits per heavy atom. The fraction of sp³-hybridized carbons (Fsp3) is 0.357. The summed E-state index contributed by atoms with van der Waals surface area (Å²) in [5.41, 5.74) is 1.60. The van der Waals surface area contributed by atoms with Crippen molar-refractivity contribution < 1.29 is 9.47 Å². The van der Waals surface area contributed by atoms with Crippen LogP contribution in [0.25, 0.3) is 11.4 Å². The largest absolute Gasteiger partial charge is 0.365 e. The molecule has 2 aromatic rings.